The Labute approximate surface area is 124 Å². The number of benzene rings is 1. The van der Waals surface area contributed by atoms with Crippen molar-refractivity contribution < 1.29 is 13.9 Å². The van der Waals surface area contributed by atoms with E-state index < -0.39 is 12.3 Å². The number of amides is 1. The first kappa shape index (κ1) is 14.3. The Bertz CT molecular complexity index is 478. The predicted octanol–water partition coefficient (Wildman–Crippen LogP) is 2.49. The van der Waals surface area contributed by atoms with Gasteiger partial charge in [0, 0.05) is 18.6 Å². The summed E-state index contributed by atoms with van der Waals surface area (Å²) in [5.41, 5.74) is 0.938. The Morgan fingerprint density at radius 1 is 1.29 bits per heavy atom. The number of alkyl halides is 1. The van der Waals surface area contributed by atoms with Crippen LogP contribution in [-0.2, 0) is 11.3 Å². The molecule has 21 heavy (non-hydrogen) atoms. The molecule has 0 radical (unpaired) electrons. The summed E-state index contributed by atoms with van der Waals surface area (Å²) in [6, 6.07) is 9.89. The second-order valence-electron chi connectivity index (χ2n) is 5.84. The van der Waals surface area contributed by atoms with Gasteiger partial charge in [0.25, 0.3) is 0 Å². The molecule has 2 fully saturated rings. The number of nitrogens with one attached hydrogen (secondary N) is 1. The molecule has 5 heteroatoms. The highest BCUT2D eigenvalue weighted by atomic mass is 19.1. The van der Waals surface area contributed by atoms with Gasteiger partial charge in [-0.15, -0.1) is 0 Å². The molecular formula is C16H21FN2O2. The van der Waals surface area contributed by atoms with Crippen LogP contribution >= 0.6 is 0 Å². The molecule has 1 amide bonds. The van der Waals surface area contributed by atoms with Crippen LogP contribution < -0.4 is 5.32 Å². The average Bonchev–Trinajstić information content (AvgIpc) is 3.32. The Balaban J connectivity index is 1.45. The van der Waals surface area contributed by atoms with Crippen molar-refractivity contribution >= 4 is 6.09 Å². The zero-order valence-electron chi connectivity index (χ0n) is 12.0. The van der Waals surface area contributed by atoms with Crippen molar-refractivity contribution in [2.75, 3.05) is 13.1 Å². The largest absolute Gasteiger partial charge is 0.445 e. The van der Waals surface area contributed by atoms with E-state index >= 15 is 0 Å². The van der Waals surface area contributed by atoms with Crippen molar-refractivity contribution in [3.8, 4) is 0 Å². The number of likely N-dealkylation sites (tertiary alicyclic amines) is 1. The number of piperidine rings is 1. The van der Waals surface area contributed by atoms with Crippen LogP contribution in [0.5, 0.6) is 0 Å². The van der Waals surface area contributed by atoms with Crippen LogP contribution in [0.25, 0.3) is 0 Å². The first-order chi connectivity index (χ1) is 10.2. The van der Waals surface area contributed by atoms with Crippen LogP contribution in [-0.4, -0.2) is 42.3 Å². The maximum absolute atomic E-state index is 14.1. The van der Waals surface area contributed by atoms with Gasteiger partial charge in [-0.3, -0.25) is 0 Å². The fourth-order valence-corrected chi connectivity index (χ4v) is 2.62. The number of rotatable bonds is 4. The third-order valence-corrected chi connectivity index (χ3v) is 4.03. The van der Waals surface area contributed by atoms with Crippen molar-refractivity contribution in [2.45, 2.75) is 44.1 Å². The fraction of sp³-hybridized carbons (Fsp3) is 0.562. The van der Waals surface area contributed by atoms with Crippen LogP contribution in [0, 0.1) is 0 Å². The molecule has 1 heterocycles. The van der Waals surface area contributed by atoms with Crippen molar-refractivity contribution in [2.24, 2.45) is 0 Å². The molecule has 1 aliphatic carbocycles. The third kappa shape index (κ3) is 3.94. The molecule has 2 aliphatic rings. The molecule has 1 saturated carbocycles. The minimum atomic E-state index is -1.01. The lowest BCUT2D eigenvalue weighted by Gasteiger charge is -2.34. The summed E-state index contributed by atoms with van der Waals surface area (Å²) >= 11 is 0. The highest BCUT2D eigenvalue weighted by Gasteiger charge is 2.35. The summed E-state index contributed by atoms with van der Waals surface area (Å²) in [6.45, 7) is 0.910. The maximum atomic E-state index is 14.1. The van der Waals surface area contributed by atoms with Crippen LogP contribution in [0.3, 0.4) is 0 Å². The monoisotopic (exact) mass is 292 g/mol. The maximum Gasteiger partial charge on any atom is 0.410 e. The van der Waals surface area contributed by atoms with E-state index in [1.165, 1.54) is 4.90 Å². The number of carbonyl (C=O) groups is 1. The van der Waals surface area contributed by atoms with Crippen LogP contribution in [0.2, 0.25) is 0 Å². The molecule has 2 atom stereocenters. The van der Waals surface area contributed by atoms with Crippen molar-refractivity contribution in [1.82, 2.24) is 10.2 Å². The van der Waals surface area contributed by atoms with E-state index in [1.54, 1.807) is 0 Å². The predicted molar refractivity (Wildman–Crippen MR) is 77.7 cm³/mol. The third-order valence-electron chi connectivity index (χ3n) is 4.03. The van der Waals surface area contributed by atoms with Crippen molar-refractivity contribution in [3.63, 3.8) is 0 Å². The standard InChI is InChI=1S/C16H21FN2O2/c17-14-10-19(9-8-15(14)18-13-6-7-13)16(20)21-11-12-4-2-1-3-5-12/h1-5,13-15,18H,6-11H2/t14-,15+/m0/s1. The summed E-state index contributed by atoms with van der Waals surface area (Å²) in [5.74, 6) is 0. The van der Waals surface area contributed by atoms with E-state index in [1.807, 2.05) is 30.3 Å². The molecule has 0 spiro atoms. The first-order valence-corrected chi connectivity index (χ1v) is 7.58. The number of nitrogens with zero attached hydrogens (tertiary/aromatic N) is 1. The van der Waals surface area contributed by atoms with Gasteiger partial charge in [0.15, 0.2) is 0 Å². The van der Waals surface area contributed by atoms with Gasteiger partial charge in [0.1, 0.15) is 12.8 Å². The molecule has 0 bridgehead atoms. The van der Waals surface area contributed by atoms with Crippen LogP contribution in [0.15, 0.2) is 30.3 Å². The van der Waals surface area contributed by atoms with Gasteiger partial charge >= 0.3 is 6.09 Å². The molecule has 1 saturated heterocycles. The SMILES string of the molecule is O=C(OCc1ccccc1)N1CC[C@@H](NC2CC2)[C@@H](F)C1. The van der Waals surface area contributed by atoms with E-state index in [0.717, 1.165) is 18.4 Å². The molecular weight excluding hydrogens is 271 g/mol. The summed E-state index contributed by atoms with van der Waals surface area (Å²) in [5, 5.41) is 3.31. The summed E-state index contributed by atoms with van der Waals surface area (Å²) in [7, 11) is 0. The smallest absolute Gasteiger partial charge is 0.410 e. The lowest BCUT2D eigenvalue weighted by Crippen LogP contribution is -2.53. The quantitative estimate of drug-likeness (QED) is 0.927. The lowest BCUT2D eigenvalue weighted by atomic mass is 10.0. The molecule has 1 aromatic carbocycles. The van der Waals surface area contributed by atoms with Gasteiger partial charge < -0.3 is 15.0 Å². The fourth-order valence-electron chi connectivity index (χ4n) is 2.62. The summed E-state index contributed by atoms with van der Waals surface area (Å²) < 4.78 is 19.3. The molecule has 1 N–H and O–H groups in total. The van der Waals surface area contributed by atoms with Crippen LogP contribution in [0.4, 0.5) is 9.18 Å². The zero-order chi connectivity index (χ0) is 14.7. The van der Waals surface area contributed by atoms with E-state index in [4.69, 9.17) is 4.74 Å². The van der Waals surface area contributed by atoms with Gasteiger partial charge in [-0.05, 0) is 24.8 Å². The number of hydrogen-bond donors (Lipinski definition) is 1. The Morgan fingerprint density at radius 3 is 2.71 bits per heavy atom. The van der Waals surface area contributed by atoms with Gasteiger partial charge in [0.05, 0.1) is 6.54 Å². The topological polar surface area (TPSA) is 41.6 Å². The summed E-state index contributed by atoms with van der Waals surface area (Å²) in [6.07, 6.45) is 1.51. The van der Waals surface area contributed by atoms with E-state index in [0.29, 0.717) is 19.0 Å². The van der Waals surface area contributed by atoms with Crippen molar-refractivity contribution in [1.29, 1.82) is 0 Å². The van der Waals surface area contributed by atoms with Crippen molar-refractivity contribution in [3.05, 3.63) is 35.9 Å². The molecule has 0 unspecified atom stereocenters. The molecule has 1 aliphatic heterocycles. The number of hydrogen-bond acceptors (Lipinski definition) is 3. The second kappa shape index (κ2) is 6.43. The average molecular weight is 292 g/mol. The Kier molecular flexibility index (Phi) is 4.39. The summed E-state index contributed by atoms with van der Waals surface area (Å²) in [4.78, 5) is 13.4. The molecule has 4 nitrogen and oxygen atoms in total. The van der Waals surface area contributed by atoms with Gasteiger partial charge in [-0.25, -0.2) is 9.18 Å². The Morgan fingerprint density at radius 2 is 2.05 bits per heavy atom. The minimum absolute atomic E-state index is 0.115. The lowest BCUT2D eigenvalue weighted by molar-refractivity contribution is 0.0602. The molecule has 114 valence electrons. The normalized spacial score (nSPS) is 25.7. The molecule has 1 aromatic rings. The van der Waals surface area contributed by atoms with Gasteiger partial charge in [-0.1, -0.05) is 30.3 Å². The van der Waals surface area contributed by atoms with E-state index in [9.17, 15) is 9.18 Å². The number of halogens is 1. The van der Waals surface area contributed by atoms with E-state index in [-0.39, 0.29) is 19.2 Å². The van der Waals surface area contributed by atoms with Gasteiger partial charge in [0.2, 0.25) is 0 Å². The molecule has 3 rings (SSSR count). The van der Waals surface area contributed by atoms with Crippen LogP contribution in [0.1, 0.15) is 24.8 Å². The number of ether oxygens (including phenoxy) is 1. The molecule has 0 aromatic heterocycles. The highest BCUT2D eigenvalue weighted by molar-refractivity contribution is 5.67. The Hall–Kier alpha value is -1.62. The zero-order valence-corrected chi connectivity index (χ0v) is 12.0. The first-order valence-electron chi connectivity index (χ1n) is 7.58. The van der Waals surface area contributed by atoms with Gasteiger partial charge in [-0.2, -0.15) is 0 Å². The second-order valence-corrected chi connectivity index (χ2v) is 5.84. The number of carbonyl (C=O) groups excluding carboxylic acids is 1. The van der Waals surface area contributed by atoms with E-state index in [2.05, 4.69) is 5.32 Å². The highest BCUT2D eigenvalue weighted by Crippen LogP contribution is 2.23. The minimum Gasteiger partial charge on any atom is -0.445 e.